The molecule has 6 heteroatoms. The van der Waals surface area contributed by atoms with E-state index in [1.165, 1.54) is 0 Å². The van der Waals surface area contributed by atoms with Gasteiger partial charge in [-0.1, -0.05) is 12.1 Å². The summed E-state index contributed by atoms with van der Waals surface area (Å²) in [5.41, 5.74) is 2.80. The highest BCUT2D eigenvalue weighted by Crippen LogP contribution is 2.22. The van der Waals surface area contributed by atoms with Crippen LogP contribution in [0.15, 0.2) is 48.5 Å². The van der Waals surface area contributed by atoms with Crippen molar-refractivity contribution in [2.45, 2.75) is 26.2 Å². The molecule has 2 aromatic carbocycles. The SMILES string of the molecule is CCOC(=O)c1ccc(NC(=O)Cc2ccc(N3CCCC3=O)cc2)cc1. The van der Waals surface area contributed by atoms with Crippen LogP contribution in [-0.4, -0.2) is 30.9 Å². The number of hydrogen-bond donors (Lipinski definition) is 1. The second-order valence-corrected chi connectivity index (χ2v) is 6.34. The molecule has 0 aliphatic carbocycles. The van der Waals surface area contributed by atoms with Gasteiger partial charge in [0.2, 0.25) is 11.8 Å². The zero-order valence-electron chi connectivity index (χ0n) is 15.2. The lowest BCUT2D eigenvalue weighted by Crippen LogP contribution is -2.23. The molecule has 0 atom stereocenters. The Morgan fingerprint density at radius 1 is 1.07 bits per heavy atom. The Morgan fingerprint density at radius 3 is 2.37 bits per heavy atom. The first-order valence-electron chi connectivity index (χ1n) is 9.03. The van der Waals surface area contributed by atoms with Gasteiger partial charge >= 0.3 is 5.97 Å². The predicted octanol–water partition coefficient (Wildman–Crippen LogP) is 3.17. The van der Waals surface area contributed by atoms with Crippen molar-refractivity contribution in [1.82, 2.24) is 0 Å². The van der Waals surface area contributed by atoms with Gasteiger partial charge in [0.25, 0.3) is 0 Å². The number of rotatable bonds is 6. The summed E-state index contributed by atoms with van der Waals surface area (Å²) < 4.78 is 4.93. The standard InChI is InChI=1S/C21H22N2O4/c1-2-27-21(26)16-7-9-17(10-8-16)22-19(24)14-15-5-11-18(12-6-15)23-13-3-4-20(23)25/h5-12H,2-4,13-14H2,1H3,(H,22,24). The number of amides is 2. The molecule has 6 nitrogen and oxygen atoms in total. The number of carbonyl (C=O) groups excluding carboxylic acids is 3. The van der Waals surface area contributed by atoms with E-state index in [1.807, 2.05) is 24.3 Å². The van der Waals surface area contributed by atoms with Gasteiger partial charge in [-0.05, 0) is 55.3 Å². The molecule has 0 aromatic heterocycles. The summed E-state index contributed by atoms with van der Waals surface area (Å²) in [4.78, 5) is 37.4. The molecule has 1 fully saturated rings. The Morgan fingerprint density at radius 2 is 1.78 bits per heavy atom. The number of hydrogen-bond acceptors (Lipinski definition) is 4. The summed E-state index contributed by atoms with van der Waals surface area (Å²) in [6.45, 7) is 2.82. The molecule has 140 valence electrons. The van der Waals surface area contributed by atoms with E-state index in [-0.39, 0.29) is 24.2 Å². The van der Waals surface area contributed by atoms with E-state index in [4.69, 9.17) is 4.74 Å². The molecule has 1 aliphatic rings. The molecule has 1 aliphatic heterocycles. The molecule has 1 heterocycles. The molecule has 27 heavy (non-hydrogen) atoms. The third kappa shape index (κ3) is 4.73. The van der Waals surface area contributed by atoms with Crippen molar-refractivity contribution in [2.24, 2.45) is 0 Å². The first kappa shape index (κ1) is 18.6. The highest BCUT2D eigenvalue weighted by molar-refractivity contribution is 5.96. The Bertz CT molecular complexity index is 828. The Labute approximate surface area is 158 Å². The molecular weight excluding hydrogens is 344 g/mol. The third-order valence-corrected chi connectivity index (χ3v) is 4.37. The average molecular weight is 366 g/mol. The molecule has 0 spiro atoms. The maximum absolute atomic E-state index is 12.2. The zero-order chi connectivity index (χ0) is 19.2. The molecular formula is C21H22N2O4. The molecule has 2 amide bonds. The fourth-order valence-corrected chi connectivity index (χ4v) is 3.01. The first-order valence-corrected chi connectivity index (χ1v) is 9.03. The minimum Gasteiger partial charge on any atom is -0.462 e. The van der Waals surface area contributed by atoms with Gasteiger partial charge in [-0.3, -0.25) is 9.59 Å². The van der Waals surface area contributed by atoms with Crippen LogP contribution >= 0.6 is 0 Å². The quantitative estimate of drug-likeness (QED) is 0.797. The smallest absolute Gasteiger partial charge is 0.338 e. The monoisotopic (exact) mass is 366 g/mol. The van der Waals surface area contributed by atoms with Crippen LogP contribution in [0.25, 0.3) is 0 Å². The number of esters is 1. The van der Waals surface area contributed by atoms with Crippen LogP contribution in [-0.2, 0) is 20.7 Å². The Balaban J connectivity index is 1.56. The lowest BCUT2D eigenvalue weighted by molar-refractivity contribution is -0.117. The molecule has 3 rings (SSSR count). The predicted molar refractivity (Wildman–Crippen MR) is 103 cm³/mol. The van der Waals surface area contributed by atoms with E-state index in [0.29, 0.717) is 24.3 Å². The van der Waals surface area contributed by atoms with Gasteiger partial charge in [0.05, 0.1) is 18.6 Å². The fourth-order valence-electron chi connectivity index (χ4n) is 3.01. The van der Waals surface area contributed by atoms with Gasteiger partial charge in [0.1, 0.15) is 0 Å². The largest absolute Gasteiger partial charge is 0.462 e. The number of nitrogens with one attached hydrogen (secondary N) is 1. The second-order valence-electron chi connectivity index (χ2n) is 6.34. The highest BCUT2D eigenvalue weighted by atomic mass is 16.5. The van der Waals surface area contributed by atoms with E-state index in [2.05, 4.69) is 5.32 Å². The van der Waals surface area contributed by atoms with Gasteiger partial charge < -0.3 is 15.0 Å². The lowest BCUT2D eigenvalue weighted by atomic mass is 10.1. The number of carbonyl (C=O) groups is 3. The molecule has 1 N–H and O–H groups in total. The molecule has 0 radical (unpaired) electrons. The number of benzene rings is 2. The van der Waals surface area contributed by atoms with Crippen molar-refractivity contribution in [3.8, 4) is 0 Å². The summed E-state index contributed by atoms with van der Waals surface area (Å²) >= 11 is 0. The maximum Gasteiger partial charge on any atom is 0.338 e. The van der Waals surface area contributed by atoms with Crippen LogP contribution in [0, 0.1) is 0 Å². The summed E-state index contributed by atoms with van der Waals surface area (Å²) in [5, 5.41) is 2.81. The third-order valence-electron chi connectivity index (χ3n) is 4.37. The second kappa shape index (κ2) is 8.49. The lowest BCUT2D eigenvalue weighted by Gasteiger charge is -2.15. The average Bonchev–Trinajstić information content (AvgIpc) is 3.09. The van der Waals surface area contributed by atoms with E-state index in [9.17, 15) is 14.4 Å². The van der Waals surface area contributed by atoms with Gasteiger partial charge in [0, 0.05) is 24.3 Å². The van der Waals surface area contributed by atoms with Gasteiger partial charge in [-0.15, -0.1) is 0 Å². The molecule has 1 saturated heterocycles. The van der Waals surface area contributed by atoms with Crippen molar-refractivity contribution >= 4 is 29.2 Å². The summed E-state index contributed by atoms with van der Waals surface area (Å²) in [7, 11) is 0. The van der Waals surface area contributed by atoms with E-state index in [1.54, 1.807) is 36.1 Å². The summed E-state index contributed by atoms with van der Waals surface area (Å²) in [6, 6.07) is 14.1. The van der Waals surface area contributed by atoms with Gasteiger partial charge in [-0.25, -0.2) is 4.79 Å². The van der Waals surface area contributed by atoms with Gasteiger partial charge in [0.15, 0.2) is 0 Å². The topological polar surface area (TPSA) is 75.7 Å². The van der Waals surface area contributed by atoms with Crippen LogP contribution < -0.4 is 10.2 Å². The minimum absolute atomic E-state index is 0.145. The number of anilines is 2. The van der Waals surface area contributed by atoms with Crippen molar-refractivity contribution in [3.05, 3.63) is 59.7 Å². The van der Waals surface area contributed by atoms with Crippen LogP contribution in [0.2, 0.25) is 0 Å². The van der Waals surface area contributed by atoms with Crippen molar-refractivity contribution in [2.75, 3.05) is 23.4 Å². The number of ether oxygens (including phenoxy) is 1. The molecule has 2 aromatic rings. The maximum atomic E-state index is 12.2. The van der Waals surface area contributed by atoms with E-state index < -0.39 is 0 Å². The minimum atomic E-state index is -0.382. The van der Waals surface area contributed by atoms with Crippen LogP contribution in [0.3, 0.4) is 0 Å². The van der Waals surface area contributed by atoms with Crippen molar-refractivity contribution in [1.29, 1.82) is 0 Å². The van der Waals surface area contributed by atoms with Crippen LogP contribution in [0.1, 0.15) is 35.7 Å². The zero-order valence-corrected chi connectivity index (χ0v) is 15.2. The number of nitrogens with zero attached hydrogens (tertiary/aromatic N) is 1. The Hall–Kier alpha value is -3.15. The Kier molecular flexibility index (Phi) is 5.86. The first-order chi connectivity index (χ1) is 13.1. The summed E-state index contributed by atoms with van der Waals surface area (Å²) in [5.74, 6) is -0.386. The van der Waals surface area contributed by atoms with Crippen molar-refractivity contribution < 1.29 is 19.1 Å². The normalized spacial score (nSPS) is 13.5. The fraction of sp³-hybridized carbons (Fsp3) is 0.286. The summed E-state index contributed by atoms with van der Waals surface area (Å²) in [6.07, 6.45) is 1.71. The van der Waals surface area contributed by atoms with Crippen LogP contribution in [0.5, 0.6) is 0 Å². The molecule has 0 bridgehead atoms. The highest BCUT2D eigenvalue weighted by Gasteiger charge is 2.21. The van der Waals surface area contributed by atoms with E-state index in [0.717, 1.165) is 24.2 Å². The van der Waals surface area contributed by atoms with E-state index >= 15 is 0 Å². The molecule has 0 saturated carbocycles. The van der Waals surface area contributed by atoms with Crippen molar-refractivity contribution in [3.63, 3.8) is 0 Å². The van der Waals surface area contributed by atoms with Crippen LogP contribution in [0.4, 0.5) is 11.4 Å². The van der Waals surface area contributed by atoms with Gasteiger partial charge in [-0.2, -0.15) is 0 Å². The molecule has 0 unspecified atom stereocenters.